The number of aliphatic hydroxyl groups excluding tert-OH is 1. The molecule has 0 atom stereocenters. The quantitative estimate of drug-likeness (QED) is 0.739. The molecule has 0 bridgehead atoms. The number of thiazole rings is 1. The van der Waals surface area contributed by atoms with Gasteiger partial charge in [0.2, 0.25) is 0 Å². The largest absolute Gasteiger partial charge is 0.395 e. The van der Waals surface area contributed by atoms with E-state index in [1.54, 1.807) is 11.3 Å². The minimum atomic E-state index is 0.0951. The van der Waals surface area contributed by atoms with Gasteiger partial charge >= 0.3 is 0 Å². The van der Waals surface area contributed by atoms with Crippen molar-refractivity contribution in [3.05, 3.63) is 69.8 Å². The van der Waals surface area contributed by atoms with Gasteiger partial charge in [0.25, 0.3) is 0 Å². The zero-order chi connectivity index (χ0) is 16.9. The van der Waals surface area contributed by atoms with Crippen LogP contribution in [-0.2, 0) is 13.0 Å². The Morgan fingerprint density at radius 2 is 1.75 bits per heavy atom. The average Bonchev–Trinajstić information content (AvgIpc) is 3.00. The summed E-state index contributed by atoms with van der Waals surface area (Å²) in [5, 5.41) is 11.6. The molecule has 4 heteroatoms. The molecule has 0 amide bonds. The molecule has 3 aromatic rings. The summed E-state index contributed by atoms with van der Waals surface area (Å²) >= 11 is 1.61. The van der Waals surface area contributed by atoms with Gasteiger partial charge in [-0.2, -0.15) is 0 Å². The van der Waals surface area contributed by atoms with E-state index in [1.807, 2.05) is 12.1 Å². The van der Waals surface area contributed by atoms with Crippen molar-refractivity contribution < 1.29 is 5.11 Å². The van der Waals surface area contributed by atoms with Crippen LogP contribution in [0, 0.1) is 6.92 Å². The lowest BCUT2D eigenvalue weighted by atomic mass is 10.1. The van der Waals surface area contributed by atoms with Crippen LogP contribution in [0.1, 0.15) is 18.1 Å². The molecule has 24 heavy (non-hydrogen) atoms. The molecule has 0 radical (unpaired) electrons. The Morgan fingerprint density at radius 1 is 1.04 bits per heavy atom. The zero-order valence-electron chi connectivity index (χ0n) is 14.1. The van der Waals surface area contributed by atoms with Gasteiger partial charge < -0.3 is 9.67 Å². The SMILES string of the molecule is CCc1ccc(-c2csc(=Nc3ccc(C)cc3)n2CCO)cc1. The van der Waals surface area contributed by atoms with Crippen LogP contribution in [0.5, 0.6) is 0 Å². The lowest BCUT2D eigenvalue weighted by Gasteiger charge is -2.08. The molecular formula is C20H22N2OS. The zero-order valence-corrected chi connectivity index (χ0v) is 14.9. The van der Waals surface area contributed by atoms with E-state index in [1.165, 1.54) is 11.1 Å². The third-order valence-corrected chi connectivity index (χ3v) is 4.90. The van der Waals surface area contributed by atoms with Crippen LogP contribution in [-0.4, -0.2) is 16.3 Å². The summed E-state index contributed by atoms with van der Waals surface area (Å²) < 4.78 is 2.09. The minimum Gasteiger partial charge on any atom is -0.395 e. The Morgan fingerprint density at radius 3 is 2.38 bits per heavy atom. The summed E-state index contributed by atoms with van der Waals surface area (Å²) in [7, 11) is 0. The first-order valence-corrected chi connectivity index (χ1v) is 9.09. The molecule has 124 valence electrons. The predicted octanol–water partition coefficient (Wildman–Crippen LogP) is 4.31. The topological polar surface area (TPSA) is 37.5 Å². The van der Waals surface area contributed by atoms with Crippen LogP contribution in [0.4, 0.5) is 5.69 Å². The highest BCUT2D eigenvalue weighted by molar-refractivity contribution is 7.07. The fourth-order valence-electron chi connectivity index (χ4n) is 2.61. The monoisotopic (exact) mass is 338 g/mol. The lowest BCUT2D eigenvalue weighted by molar-refractivity contribution is 0.275. The van der Waals surface area contributed by atoms with Crippen LogP contribution in [0.3, 0.4) is 0 Å². The molecule has 0 fully saturated rings. The first-order chi connectivity index (χ1) is 11.7. The van der Waals surface area contributed by atoms with Crippen LogP contribution in [0.2, 0.25) is 0 Å². The highest BCUT2D eigenvalue weighted by Gasteiger charge is 2.08. The number of rotatable bonds is 5. The maximum absolute atomic E-state index is 9.46. The van der Waals surface area contributed by atoms with Crippen molar-refractivity contribution in [1.29, 1.82) is 0 Å². The minimum absolute atomic E-state index is 0.0951. The molecule has 1 aromatic heterocycles. The number of aliphatic hydroxyl groups is 1. The van der Waals surface area contributed by atoms with Crippen LogP contribution in [0.15, 0.2) is 58.9 Å². The first-order valence-electron chi connectivity index (χ1n) is 8.21. The Kier molecular flexibility index (Phi) is 5.28. The van der Waals surface area contributed by atoms with Crippen molar-refractivity contribution in [2.45, 2.75) is 26.8 Å². The van der Waals surface area contributed by atoms with Gasteiger partial charge in [0.05, 0.1) is 18.0 Å². The molecule has 0 saturated heterocycles. The van der Waals surface area contributed by atoms with Crippen molar-refractivity contribution in [3.63, 3.8) is 0 Å². The number of hydrogen-bond donors (Lipinski definition) is 1. The molecule has 3 rings (SSSR count). The highest BCUT2D eigenvalue weighted by Crippen LogP contribution is 2.21. The van der Waals surface area contributed by atoms with E-state index in [9.17, 15) is 5.11 Å². The van der Waals surface area contributed by atoms with Gasteiger partial charge in [-0.25, -0.2) is 4.99 Å². The van der Waals surface area contributed by atoms with Crippen LogP contribution >= 0.6 is 11.3 Å². The Hall–Kier alpha value is -2.17. The molecule has 3 nitrogen and oxygen atoms in total. The third-order valence-electron chi connectivity index (χ3n) is 4.04. The number of nitrogens with zero attached hydrogens (tertiary/aromatic N) is 2. The third kappa shape index (κ3) is 3.66. The van der Waals surface area contributed by atoms with Crippen molar-refractivity contribution in [3.8, 4) is 11.3 Å². The normalized spacial score (nSPS) is 11.9. The summed E-state index contributed by atoms with van der Waals surface area (Å²) in [6, 6.07) is 16.8. The van der Waals surface area contributed by atoms with Gasteiger partial charge in [-0.15, -0.1) is 11.3 Å². The van der Waals surface area contributed by atoms with Crippen molar-refractivity contribution >= 4 is 17.0 Å². The van der Waals surface area contributed by atoms with Crippen molar-refractivity contribution in [2.75, 3.05) is 6.61 Å². The smallest absolute Gasteiger partial charge is 0.190 e. The van der Waals surface area contributed by atoms with E-state index in [4.69, 9.17) is 4.99 Å². The number of aryl methyl sites for hydroxylation is 2. The lowest BCUT2D eigenvalue weighted by Crippen LogP contribution is -2.17. The van der Waals surface area contributed by atoms with E-state index < -0.39 is 0 Å². The molecule has 1 N–H and O–H groups in total. The summed E-state index contributed by atoms with van der Waals surface area (Å²) in [4.78, 5) is 5.66. The molecule has 2 aromatic carbocycles. The molecule has 0 saturated carbocycles. The van der Waals surface area contributed by atoms with Crippen LogP contribution < -0.4 is 4.80 Å². The van der Waals surface area contributed by atoms with Gasteiger partial charge in [0.1, 0.15) is 0 Å². The molecule has 0 unspecified atom stereocenters. The predicted molar refractivity (Wildman–Crippen MR) is 101 cm³/mol. The van der Waals surface area contributed by atoms with Gasteiger partial charge in [0.15, 0.2) is 4.80 Å². The van der Waals surface area contributed by atoms with Gasteiger partial charge in [-0.05, 0) is 36.6 Å². The maximum Gasteiger partial charge on any atom is 0.190 e. The van der Waals surface area contributed by atoms with Gasteiger partial charge in [-0.1, -0.05) is 48.9 Å². The molecule has 1 heterocycles. The van der Waals surface area contributed by atoms with E-state index in [-0.39, 0.29) is 6.61 Å². The summed E-state index contributed by atoms with van der Waals surface area (Å²) in [5.41, 5.74) is 5.74. The van der Waals surface area contributed by atoms with E-state index in [0.717, 1.165) is 28.2 Å². The number of hydrogen-bond acceptors (Lipinski definition) is 3. The average molecular weight is 338 g/mol. The number of aromatic nitrogens is 1. The fourth-order valence-corrected chi connectivity index (χ4v) is 3.56. The second-order valence-corrected chi connectivity index (χ2v) is 6.61. The van der Waals surface area contributed by atoms with Gasteiger partial charge in [-0.3, -0.25) is 0 Å². The number of benzene rings is 2. The Labute approximate surface area is 146 Å². The van der Waals surface area contributed by atoms with Crippen LogP contribution in [0.25, 0.3) is 11.3 Å². The molecule has 0 aliphatic carbocycles. The maximum atomic E-state index is 9.46. The molecular weight excluding hydrogens is 316 g/mol. The van der Waals surface area contributed by atoms with Gasteiger partial charge in [0, 0.05) is 11.9 Å². The first kappa shape index (κ1) is 16.7. The second-order valence-electron chi connectivity index (χ2n) is 5.78. The highest BCUT2D eigenvalue weighted by atomic mass is 32.1. The molecule has 0 spiro atoms. The summed E-state index contributed by atoms with van der Waals surface area (Å²) in [6.07, 6.45) is 1.04. The summed E-state index contributed by atoms with van der Waals surface area (Å²) in [6.45, 7) is 4.86. The van der Waals surface area contributed by atoms with Crippen molar-refractivity contribution in [2.24, 2.45) is 4.99 Å². The Bertz CT molecular complexity index is 858. The second kappa shape index (κ2) is 7.60. The van der Waals surface area contributed by atoms with E-state index in [2.05, 4.69) is 60.2 Å². The fraction of sp³-hybridized carbons (Fsp3) is 0.250. The summed E-state index contributed by atoms with van der Waals surface area (Å²) in [5.74, 6) is 0. The standard InChI is InChI=1S/C20H22N2OS/c1-3-16-6-8-17(9-7-16)19-14-24-20(22(19)12-13-23)21-18-10-4-15(2)5-11-18/h4-11,14,23H,3,12-13H2,1-2H3. The van der Waals surface area contributed by atoms with E-state index >= 15 is 0 Å². The molecule has 0 aliphatic rings. The van der Waals surface area contributed by atoms with Crippen molar-refractivity contribution in [1.82, 2.24) is 4.57 Å². The molecule has 0 aliphatic heterocycles. The Balaban J connectivity index is 2.05. The van der Waals surface area contributed by atoms with E-state index in [0.29, 0.717) is 6.54 Å².